The topological polar surface area (TPSA) is 24.5 Å². The Labute approximate surface area is 105 Å². The molecule has 0 aromatic heterocycles. The van der Waals surface area contributed by atoms with Crippen LogP contribution in [-0.4, -0.2) is 49.3 Å². The number of hydrogen-bond acceptors (Lipinski definition) is 3. The predicted octanol–water partition coefficient (Wildman–Crippen LogP) is 1.63. The van der Waals surface area contributed by atoms with Gasteiger partial charge in [0.2, 0.25) is 0 Å². The van der Waals surface area contributed by atoms with Gasteiger partial charge >= 0.3 is 0 Å². The summed E-state index contributed by atoms with van der Waals surface area (Å²) in [5.41, 5.74) is 0. The molecule has 0 bridgehead atoms. The SMILES string of the molecule is CC(C1CCOC1)N1CCCC1C1CCCN1. The van der Waals surface area contributed by atoms with Crippen LogP contribution >= 0.6 is 0 Å². The first kappa shape index (κ1) is 11.9. The first-order valence-corrected chi connectivity index (χ1v) is 7.43. The van der Waals surface area contributed by atoms with E-state index in [2.05, 4.69) is 17.1 Å². The van der Waals surface area contributed by atoms with E-state index >= 15 is 0 Å². The minimum Gasteiger partial charge on any atom is -0.381 e. The van der Waals surface area contributed by atoms with Gasteiger partial charge in [0.1, 0.15) is 0 Å². The molecule has 0 saturated carbocycles. The molecule has 0 aliphatic carbocycles. The van der Waals surface area contributed by atoms with E-state index in [1.807, 2.05) is 0 Å². The third-order valence-corrected chi connectivity index (χ3v) is 5.08. The van der Waals surface area contributed by atoms with Gasteiger partial charge in [0.25, 0.3) is 0 Å². The van der Waals surface area contributed by atoms with Gasteiger partial charge in [-0.1, -0.05) is 0 Å². The summed E-state index contributed by atoms with van der Waals surface area (Å²) >= 11 is 0. The van der Waals surface area contributed by atoms with Crippen molar-refractivity contribution in [3.63, 3.8) is 0 Å². The minimum absolute atomic E-state index is 0.715. The van der Waals surface area contributed by atoms with Gasteiger partial charge < -0.3 is 10.1 Å². The van der Waals surface area contributed by atoms with Crippen LogP contribution in [0.5, 0.6) is 0 Å². The lowest BCUT2D eigenvalue weighted by Gasteiger charge is -2.36. The van der Waals surface area contributed by atoms with E-state index in [0.29, 0.717) is 6.04 Å². The smallest absolute Gasteiger partial charge is 0.0509 e. The predicted molar refractivity (Wildman–Crippen MR) is 69.1 cm³/mol. The summed E-state index contributed by atoms with van der Waals surface area (Å²) in [4.78, 5) is 2.78. The fraction of sp³-hybridized carbons (Fsp3) is 1.00. The molecule has 0 aromatic rings. The van der Waals surface area contributed by atoms with Crippen molar-refractivity contribution in [1.82, 2.24) is 10.2 Å². The Kier molecular flexibility index (Phi) is 3.69. The molecule has 0 spiro atoms. The van der Waals surface area contributed by atoms with Crippen LogP contribution in [0, 0.1) is 5.92 Å². The number of nitrogens with one attached hydrogen (secondary N) is 1. The van der Waals surface area contributed by atoms with Gasteiger partial charge in [0.15, 0.2) is 0 Å². The highest BCUT2D eigenvalue weighted by Crippen LogP contribution is 2.31. The molecule has 3 rings (SSSR count). The molecule has 3 fully saturated rings. The van der Waals surface area contributed by atoms with E-state index < -0.39 is 0 Å². The van der Waals surface area contributed by atoms with Gasteiger partial charge in [0, 0.05) is 24.7 Å². The molecule has 4 unspecified atom stereocenters. The van der Waals surface area contributed by atoms with Gasteiger partial charge in [-0.05, 0) is 58.0 Å². The highest BCUT2D eigenvalue weighted by Gasteiger charge is 2.38. The number of ether oxygens (including phenoxy) is 1. The molecule has 3 aliphatic heterocycles. The van der Waals surface area contributed by atoms with Crippen LogP contribution < -0.4 is 5.32 Å². The molecule has 3 heteroatoms. The van der Waals surface area contributed by atoms with Crippen LogP contribution in [0.2, 0.25) is 0 Å². The molecule has 17 heavy (non-hydrogen) atoms. The zero-order valence-corrected chi connectivity index (χ0v) is 11.0. The maximum absolute atomic E-state index is 5.56. The van der Waals surface area contributed by atoms with Crippen molar-refractivity contribution in [1.29, 1.82) is 0 Å². The van der Waals surface area contributed by atoms with Crippen LogP contribution in [0.1, 0.15) is 39.0 Å². The van der Waals surface area contributed by atoms with Gasteiger partial charge in [-0.3, -0.25) is 4.90 Å². The second-order valence-corrected chi connectivity index (χ2v) is 6.01. The van der Waals surface area contributed by atoms with Gasteiger partial charge in [-0.2, -0.15) is 0 Å². The Bertz CT molecular complexity index is 247. The highest BCUT2D eigenvalue weighted by molar-refractivity contribution is 4.95. The van der Waals surface area contributed by atoms with Crippen molar-refractivity contribution in [3.8, 4) is 0 Å². The maximum atomic E-state index is 5.56. The number of hydrogen-bond donors (Lipinski definition) is 1. The summed E-state index contributed by atoms with van der Waals surface area (Å²) in [6.45, 7) is 6.93. The Morgan fingerprint density at radius 2 is 2.18 bits per heavy atom. The monoisotopic (exact) mass is 238 g/mol. The molecule has 1 N–H and O–H groups in total. The van der Waals surface area contributed by atoms with E-state index in [1.165, 1.54) is 45.2 Å². The Morgan fingerprint density at radius 3 is 2.88 bits per heavy atom. The van der Waals surface area contributed by atoms with Crippen molar-refractivity contribution < 1.29 is 4.74 Å². The number of rotatable bonds is 3. The van der Waals surface area contributed by atoms with Crippen molar-refractivity contribution >= 4 is 0 Å². The molecular weight excluding hydrogens is 212 g/mol. The molecule has 0 amide bonds. The van der Waals surface area contributed by atoms with E-state index in [-0.39, 0.29) is 0 Å². The minimum atomic E-state index is 0.715. The maximum Gasteiger partial charge on any atom is 0.0509 e. The Balaban J connectivity index is 1.63. The molecule has 3 aliphatic rings. The first-order valence-electron chi connectivity index (χ1n) is 7.43. The quantitative estimate of drug-likeness (QED) is 0.809. The fourth-order valence-corrected chi connectivity index (χ4v) is 4.00. The van der Waals surface area contributed by atoms with Crippen LogP contribution in [0.15, 0.2) is 0 Å². The zero-order valence-electron chi connectivity index (χ0n) is 11.0. The number of nitrogens with zero attached hydrogens (tertiary/aromatic N) is 1. The van der Waals surface area contributed by atoms with Crippen molar-refractivity contribution in [3.05, 3.63) is 0 Å². The summed E-state index contributed by atoms with van der Waals surface area (Å²) in [6, 6.07) is 2.28. The lowest BCUT2D eigenvalue weighted by atomic mass is 9.96. The normalized spacial score (nSPS) is 41.1. The van der Waals surface area contributed by atoms with Gasteiger partial charge in [-0.25, -0.2) is 0 Å². The van der Waals surface area contributed by atoms with Crippen LogP contribution in [0.3, 0.4) is 0 Å². The second kappa shape index (κ2) is 5.25. The second-order valence-electron chi connectivity index (χ2n) is 6.01. The first-order chi connectivity index (χ1) is 8.36. The van der Waals surface area contributed by atoms with Gasteiger partial charge in [-0.15, -0.1) is 0 Å². The lowest BCUT2D eigenvalue weighted by Crippen LogP contribution is -2.49. The van der Waals surface area contributed by atoms with Crippen molar-refractivity contribution in [2.45, 2.75) is 57.2 Å². The van der Waals surface area contributed by atoms with E-state index in [9.17, 15) is 0 Å². The highest BCUT2D eigenvalue weighted by atomic mass is 16.5. The largest absolute Gasteiger partial charge is 0.381 e. The van der Waals surface area contributed by atoms with Crippen LogP contribution in [-0.2, 0) is 4.74 Å². The van der Waals surface area contributed by atoms with Crippen LogP contribution in [0.4, 0.5) is 0 Å². The van der Waals surface area contributed by atoms with Crippen LogP contribution in [0.25, 0.3) is 0 Å². The summed E-state index contributed by atoms with van der Waals surface area (Å²) in [6.07, 6.45) is 6.81. The average molecular weight is 238 g/mol. The molecule has 3 heterocycles. The zero-order chi connectivity index (χ0) is 11.7. The number of likely N-dealkylation sites (tertiary alicyclic amines) is 1. The molecule has 0 radical (unpaired) electrons. The molecule has 3 nitrogen and oxygen atoms in total. The third kappa shape index (κ3) is 2.38. The summed E-state index contributed by atoms with van der Waals surface area (Å²) in [5, 5.41) is 3.70. The molecule has 98 valence electrons. The summed E-state index contributed by atoms with van der Waals surface area (Å²) in [5.74, 6) is 0.775. The van der Waals surface area contributed by atoms with E-state index in [4.69, 9.17) is 4.74 Å². The Morgan fingerprint density at radius 1 is 1.24 bits per heavy atom. The van der Waals surface area contributed by atoms with E-state index in [1.54, 1.807) is 0 Å². The standard InChI is InChI=1S/C14H26N2O/c1-11(12-6-9-17-10-12)16-8-3-5-14(16)13-4-2-7-15-13/h11-15H,2-10H2,1H3. The Hall–Kier alpha value is -0.120. The molecular formula is C14H26N2O. The molecule has 3 saturated heterocycles. The van der Waals surface area contributed by atoms with Gasteiger partial charge in [0.05, 0.1) is 6.61 Å². The lowest BCUT2D eigenvalue weighted by molar-refractivity contribution is 0.105. The van der Waals surface area contributed by atoms with Crippen molar-refractivity contribution in [2.24, 2.45) is 5.92 Å². The third-order valence-electron chi connectivity index (χ3n) is 5.08. The fourth-order valence-electron chi connectivity index (χ4n) is 4.00. The molecule has 0 aromatic carbocycles. The average Bonchev–Trinajstić information content (AvgIpc) is 3.09. The van der Waals surface area contributed by atoms with E-state index in [0.717, 1.165) is 31.2 Å². The molecule has 4 atom stereocenters. The van der Waals surface area contributed by atoms with Crippen molar-refractivity contribution in [2.75, 3.05) is 26.3 Å². The summed E-state index contributed by atoms with van der Waals surface area (Å²) in [7, 11) is 0. The summed E-state index contributed by atoms with van der Waals surface area (Å²) < 4.78 is 5.56.